The summed E-state index contributed by atoms with van der Waals surface area (Å²) in [6.45, 7) is 2.57. The van der Waals surface area contributed by atoms with E-state index in [0.29, 0.717) is 6.54 Å². The molecule has 0 spiro atoms. The standard InChI is InChI=1S/C22H28N4O/c1-15(22(27)23-2)24-13-19(16-9-11-17(12-10-16)26(3)4)20-14-25-21-8-6-5-7-18(20)21/h5-12,14-15,19,24-25H,13H2,1-4H3,(H,23,27)/t15-,19+/m0/s1. The summed E-state index contributed by atoms with van der Waals surface area (Å²) in [5.41, 5.74) is 4.76. The van der Waals surface area contributed by atoms with Gasteiger partial charge in [0, 0.05) is 56.4 Å². The first-order chi connectivity index (χ1) is 13.0. The number of nitrogens with zero attached hydrogens (tertiary/aromatic N) is 1. The predicted molar refractivity (Wildman–Crippen MR) is 112 cm³/mol. The smallest absolute Gasteiger partial charge is 0.236 e. The van der Waals surface area contributed by atoms with E-state index < -0.39 is 0 Å². The van der Waals surface area contributed by atoms with Gasteiger partial charge in [-0.15, -0.1) is 0 Å². The van der Waals surface area contributed by atoms with E-state index in [-0.39, 0.29) is 17.9 Å². The number of hydrogen-bond donors (Lipinski definition) is 3. The molecule has 27 heavy (non-hydrogen) atoms. The van der Waals surface area contributed by atoms with E-state index in [1.807, 2.05) is 27.1 Å². The van der Waals surface area contributed by atoms with Gasteiger partial charge in [-0.3, -0.25) is 4.79 Å². The van der Waals surface area contributed by atoms with Crippen molar-refractivity contribution in [2.75, 3.05) is 32.6 Å². The highest BCUT2D eigenvalue weighted by molar-refractivity contribution is 5.84. The second-order valence-electron chi connectivity index (χ2n) is 7.07. The molecule has 0 fully saturated rings. The largest absolute Gasteiger partial charge is 0.378 e. The number of para-hydroxylation sites is 1. The molecule has 0 unspecified atom stereocenters. The predicted octanol–water partition coefficient (Wildman–Crippen LogP) is 3.09. The van der Waals surface area contributed by atoms with Crippen molar-refractivity contribution < 1.29 is 4.79 Å². The Morgan fingerprint density at radius 2 is 1.81 bits per heavy atom. The Morgan fingerprint density at radius 3 is 2.48 bits per heavy atom. The number of carbonyl (C=O) groups is 1. The maximum atomic E-state index is 11.9. The Bertz CT molecular complexity index is 898. The molecule has 142 valence electrons. The molecule has 0 aliphatic carbocycles. The first kappa shape index (κ1) is 19.0. The van der Waals surface area contributed by atoms with Crippen molar-refractivity contribution in [1.29, 1.82) is 0 Å². The Kier molecular flexibility index (Phi) is 5.81. The van der Waals surface area contributed by atoms with Gasteiger partial charge < -0.3 is 20.5 Å². The van der Waals surface area contributed by atoms with Crippen molar-refractivity contribution in [2.24, 2.45) is 0 Å². The normalized spacial score (nSPS) is 13.3. The van der Waals surface area contributed by atoms with E-state index >= 15 is 0 Å². The van der Waals surface area contributed by atoms with Crippen LogP contribution in [-0.4, -0.2) is 44.6 Å². The van der Waals surface area contributed by atoms with Crippen LogP contribution in [-0.2, 0) is 4.79 Å². The Hall–Kier alpha value is -2.79. The fourth-order valence-electron chi connectivity index (χ4n) is 3.40. The molecule has 3 N–H and O–H groups in total. The fraction of sp³-hybridized carbons (Fsp3) is 0.318. The Labute approximate surface area is 160 Å². The summed E-state index contributed by atoms with van der Waals surface area (Å²) in [6, 6.07) is 16.7. The first-order valence-electron chi connectivity index (χ1n) is 9.29. The molecule has 1 aromatic heterocycles. The number of amides is 1. The summed E-state index contributed by atoms with van der Waals surface area (Å²) in [5, 5.41) is 7.30. The lowest BCUT2D eigenvalue weighted by molar-refractivity contribution is -0.122. The molecule has 0 bridgehead atoms. The van der Waals surface area contributed by atoms with Crippen LogP contribution in [0.4, 0.5) is 5.69 Å². The average Bonchev–Trinajstić information content (AvgIpc) is 3.11. The number of aromatic nitrogens is 1. The van der Waals surface area contributed by atoms with Gasteiger partial charge in [0.15, 0.2) is 0 Å². The van der Waals surface area contributed by atoms with Crippen LogP contribution < -0.4 is 15.5 Å². The molecule has 5 heteroatoms. The summed E-state index contributed by atoms with van der Waals surface area (Å²) >= 11 is 0. The number of rotatable bonds is 7. The lowest BCUT2D eigenvalue weighted by Crippen LogP contribution is -2.42. The summed E-state index contributed by atoms with van der Waals surface area (Å²) < 4.78 is 0. The molecule has 0 aliphatic rings. The van der Waals surface area contributed by atoms with Crippen molar-refractivity contribution in [3.8, 4) is 0 Å². The van der Waals surface area contributed by atoms with Crippen molar-refractivity contribution in [3.63, 3.8) is 0 Å². The van der Waals surface area contributed by atoms with Gasteiger partial charge >= 0.3 is 0 Å². The lowest BCUT2D eigenvalue weighted by Gasteiger charge is -2.22. The molecule has 2 aromatic carbocycles. The van der Waals surface area contributed by atoms with E-state index in [9.17, 15) is 4.79 Å². The van der Waals surface area contributed by atoms with Crippen LogP contribution >= 0.6 is 0 Å². The second-order valence-corrected chi connectivity index (χ2v) is 7.07. The van der Waals surface area contributed by atoms with Gasteiger partial charge in [0.05, 0.1) is 6.04 Å². The molecule has 0 saturated heterocycles. The summed E-state index contributed by atoms with van der Waals surface area (Å²) in [5.74, 6) is 0.139. The van der Waals surface area contributed by atoms with Crippen molar-refractivity contribution in [3.05, 3.63) is 65.9 Å². The monoisotopic (exact) mass is 364 g/mol. The van der Waals surface area contributed by atoms with Gasteiger partial charge in [-0.25, -0.2) is 0 Å². The van der Waals surface area contributed by atoms with E-state index in [1.54, 1.807) is 7.05 Å². The minimum absolute atomic E-state index is 0.00404. The van der Waals surface area contributed by atoms with Crippen LogP contribution in [0.15, 0.2) is 54.7 Å². The molecule has 3 rings (SSSR count). The number of H-pyrrole nitrogens is 1. The van der Waals surface area contributed by atoms with Gasteiger partial charge in [-0.1, -0.05) is 30.3 Å². The number of carbonyl (C=O) groups excluding carboxylic acids is 1. The van der Waals surface area contributed by atoms with Crippen LogP contribution in [0.5, 0.6) is 0 Å². The lowest BCUT2D eigenvalue weighted by atomic mass is 9.90. The number of fused-ring (bicyclic) bond motifs is 1. The molecule has 5 nitrogen and oxygen atoms in total. The summed E-state index contributed by atoms with van der Waals surface area (Å²) in [6.07, 6.45) is 2.08. The molecule has 0 aliphatic heterocycles. The van der Waals surface area contributed by atoms with Gasteiger partial charge in [0.1, 0.15) is 0 Å². The summed E-state index contributed by atoms with van der Waals surface area (Å²) in [4.78, 5) is 17.4. The molecule has 0 saturated carbocycles. The number of nitrogens with one attached hydrogen (secondary N) is 3. The van der Waals surface area contributed by atoms with Crippen LogP contribution in [0.2, 0.25) is 0 Å². The Morgan fingerprint density at radius 1 is 1.11 bits per heavy atom. The van der Waals surface area contributed by atoms with Crippen LogP contribution in [0, 0.1) is 0 Å². The molecular weight excluding hydrogens is 336 g/mol. The zero-order valence-electron chi connectivity index (χ0n) is 16.4. The quantitative estimate of drug-likeness (QED) is 0.604. The van der Waals surface area contributed by atoms with Crippen molar-refractivity contribution in [1.82, 2.24) is 15.6 Å². The summed E-state index contributed by atoms with van der Waals surface area (Å²) in [7, 11) is 5.75. The highest BCUT2D eigenvalue weighted by Gasteiger charge is 2.20. The SMILES string of the molecule is CNC(=O)[C@H](C)NC[C@H](c1ccc(N(C)C)cc1)c1c[nH]c2ccccc12. The van der Waals surface area contributed by atoms with E-state index in [4.69, 9.17) is 0 Å². The number of hydrogen-bond acceptors (Lipinski definition) is 3. The first-order valence-corrected chi connectivity index (χ1v) is 9.29. The molecule has 1 heterocycles. The van der Waals surface area contributed by atoms with Gasteiger partial charge in [0.2, 0.25) is 5.91 Å². The molecular formula is C22H28N4O. The van der Waals surface area contributed by atoms with Gasteiger partial charge in [-0.2, -0.15) is 0 Å². The van der Waals surface area contributed by atoms with Crippen LogP contribution in [0.25, 0.3) is 10.9 Å². The Balaban J connectivity index is 1.94. The third kappa shape index (κ3) is 4.14. The highest BCUT2D eigenvalue weighted by atomic mass is 16.2. The van der Waals surface area contributed by atoms with Crippen molar-refractivity contribution >= 4 is 22.5 Å². The van der Waals surface area contributed by atoms with E-state index in [2.05, 4.69) is 69.2 Å². The third-order valence-electron chi connectivity index (χ3n) is 5.08. The minimum Gasteiger partial charge on any atom is -0.378 e. The van der Waals surface area contributed by atoms with Crippen LogP contribution in [0.1, 0.15) is 24.0 Å². The van der Waals surface area contributed by atoms with Gasteiger partial charge in [-0.05, 0) is 36.2 Å². The average molecular weight is 364 g/mol. The maximum Gasteiger partial charge on any atom is 0.236 e. The molecule has 3 aromatic rings. The second kappa shape index (κ2) is 8.27. The van der Waals surface area contributed by atoms with Crippen molar-refractivity contribution in [2.45, 2.75) is 18.9 Å². The van der Waals surface area contributed by atoms with E-state index in [1.165, 1.54) is 22.2 Å². The van der Waals surface area contributed by atoms with E-state index in [0.717, 1.165) is 5.52 Å². The topological polar surface area (TPSA) is 60.2 Å². The number of likely N-dealkylation sites (N-methyl/N-ethyl adjacent to an activating group) is 1. The zero-order chi connectivity index (χ0) is 19.4. The van der Waals surface area contributed by atoms with Crippen LogP contribution in [0.3, 0.4) is 0 Å². The third-order valence-corrected chi connectivity index (χ3v) is 5.08. The fourth-order valence-corrected chi connectivity index (χ4v) is 3.40. The number of anilines is 1. The maximum absolute atomic E-state index is 11.9. The van der Waals surface area contributed by atoms with Gasteiger partial charge in [0.25, 0.3) is 0 Å². The zero-order valence-corrected chi connectivity index (χ0v) is 16.4. The molecule has 0 radical (unpaired) electrons. The molecule has 2 atom stereocenters. The minimum atomic E-state index is -0.247. The number of benzene rings is 2. The highest BCUT2D eigenvalue weighted by Crippen LogP contribution is 2.31. The number of aromatic amines is 1. The molecule has 1 amide bonds.